The van der Waals surface area contributed by atoms with E-state index in [0.717, 1.165) is 17.1 Å². The van der Waals surface area contributed by atoms with E-state index in [-0.39, 0.29) is 11.9 Å². The van der Waals surface area contributed by atoms with E-state index in [1.807, 2.05) is 19.9 Å². The van der Waals surface area contributed by atoms with Gasteiger partial charge in [-0.3, -0.25) is 0 Å². The van der Waals surface area contributed by atoms with E-state index in [1.165, 1.54) is 12.1 Å². The van der Waals surface area contributed by atoms with Crippen molar-refractivity contribution in [3.63, 3.8) is 0 Å². The molecule has 1 heterocycles. The molecule has 0 aliphatic rings. The van der Waals surface area contributed by atoms with Crippen molar-refractivity contribution in [2.75, 3.05) is 0 Å². The van der Waals surface area contributed by atoms with Crippen LogP contribution in [-0.2, 0) is 6.42 Å². The van der Waals surface area contributed by atoms with Crippen molar-refractivity contribution in [1.29, 1.82) is 0 Å². The fraction of sp³-hybridized carbons (Fsp3) is 0.286. The van der Waals surface area contributed by atoms with Crippen LogP contribution in [0.15, 0.2) is 28.7 Å². The lowest BCUT2D eigenvalue weighted by Gasteiger charge is -2.12. The van der Waals surface area contributed by atoms with E-state index in [2.05, 4.69) is 0 Å². The standard InChI is InChI=1S/C14H15ClFNO/c1-8-5-12(9(2)18-8)14(17)7-10-6-11(16)3-4-13(10)15/h3-6,14H,7,17H2,1-2H3. The average Bonchev–Trinajstić information content (AvgIpc) is 2.63. The van der Waals surface area contributed by atoms with Crippen LogP contribution < -0.4 is 5.73 Å². The molecule has 2 rings (SSSR count). The zero-order chi connectivity index (χ0) is 13.3. The van der Waals surface area contributed by atoms with Gasteiger partial charge in [0.25, 0.3) is 0 Å². The van der Waals surface area contributed by atoms with Crippen molar-refractivity contribution in [2.24, 2.45) is 5.73 Å². The van der Waals surface area contributed by atoms with Crippen molar-refractivity contribution in [3.05, 3.63) is 57.8 Å². The minimum absolute atomic E-state index is 0.248. The summed E-state index contributed by atoms with van der Waals surface area (Å²) in [5, 5.41) is 0.532. The Morgan fingerprint density at radius 1 is 1.33 bits per heavy atom. The fourth-order valence-corrected chi connectivity index (χ4v) is 2.26. The highest BCUT2D eigenvalue weighted by Crippen LogP contribution is 2.26. The van der Waals surface area contributed by atoms with E-state index in [1.54, 1.807) is 6.07 Å². The quantitative estimate of drug-likeness (QED) is 0.915. The van der Waals surface area contributed by atoms with Crippen LogP contribution in [0.5, 0.6) is 0 Å². The zero-order valence-corrected chi connectivity index (χ0v) is 11.1. The molecule has 1 atom stereocenters. The van der Waals surface area contributed by atoms with Crippen molar-refractivity contribution >= 4 is 11.6 Å². The van der Waals surface area contributed by atoms with Gasteiger partial charge < -0.3 is 10.2 Å². The third-order valence-corrected chi connectivity index (χ3v) is 3.30. The van der Waals surface area contributed by atoms with Crippen molar-refractivity contribution < 1.29 is 8.81 Å². The first-order valence-corrected chi connectivity index (χ1v) is 6.11. The number of benzene rings is 1. The highest BCUT2D eigenvalue weighted by Gasteiger charge is 2.15. The Morgan fingerprint density at radius 2 is 2.06 bits per heavy atom. The molecule has 4 heteroatoms. The van der Waals surface area contributed by atoms with Gasteiger partial charge in [-0.1, -0.05) is 11.6 Å². The Morgan fingerprint density at radius 3 is 2.67 bits per heavy atom. The lowest BCUT2D eigenvalue weighted by molar-refractivity contribution is 0.497. The molecule has 2 nitrogen and oxygen atoms in total. The lowest BCUT2D eigenvalue weighted by Crippen LogP contribution is -2.14. The molecule has 0 amide bonds. The highest BCUT2D eigenvalue weighted by atomic mass is 35.5. The van der Waals surface area contributed by atoms with Crippen LogP contribution in [0.3, 0.4) is 0 Å². The second-order valence-electron chi connectivity index (χ2n) is 4.41. The number of hydrogen-bond donors (Lipinski definition) is 1. The van der Waals surface area contributed by atoms with Gasteiger partial charge in [-0.05, 0) is 50.1 Å². The number of halogens is 2. The summed E-state index contributed by atoms with van der Waals surface area (Å²) in [6.45, 7) is 3.74. The average molecular weight is 268 g/mol. The topological polar surface area (TPSA) is 39.2 Å². The van der Waals surface area contributed by atoms with Gasteiger partial charge in [-0.15, -0.1) is 0 Å². The SMILES string of the molecule is Cc1cc(C(N)Cc2cc(F)ccc2Cl)c(C)o1. The van der Waals surface area contributed by atoms with Gasteiger partial charge in [0.1, 0.15) is 17.3 Å². The van der Waals surface area contributed by atoms with Crippen LogP contribution in [-0.4, -0.2) is 0 Å². The first-order valence-electron chi connectivity index (χ1n) is 5.74. The van der Waals surface area contributed by atoms with Crippen LogP contribution in [0, 0.1) is 19.7 Å². The first kappa shape index (κ1) is 13.1. The molecule has 2 N–H and O–H groups in total. The van der Waals surface area contributed by atoms with Gasteiger partial charge in [0.2, 0.25) is 0 Å². The molecule has 96 valence electrons. The minimum Gasteiger partial charge on any atom is -0.466 e. The summed E-state index contributed by atoms with van der Waals surface area (Å²) in [6.07, 6.45) is 0.483. The van der Waals surface area contributed by atoms with Gasteiger partial charge in [0, 0.05) is 16.6 Å². The minimum atomic E-state index is -0.304. The summed E-state index contributed by atoms with van der Waals surface area (Å²) in [6, 6.07) is 5.97. The Labute approximate surface area is 111 Å². The van der Waals surface area contributed by atoms with Crippen molar-refractivity contribution in [3.8, 4) is 0 Å². The molecule has 1 unspecified atom stereocenters. The molecule has 0 saturated carbocycles. The maximum Gasteiger partial charge on any atom is 0.123 e. The Kier molecular flexibility index (Phi) is 3.73. The summed E-state index contributed by atoms with van der Waals surface area (Å²) in [7, 11) is 0. The molecule has 1 aromatic heterocycles. The second-order valence-corrected chi connectivity index (χ2v) is 4.82. The maximum absolute atomic E-state index is 13.2. The molecule has 0 spiro atoms. The first-order chi connectivity index (χ1) is 8.47. The third kappa shape index (κ3) is 2.74. The molecule has 1 aromatic carbocycles. The normalized spacial score (nSPS) is 12.7. The van der Waals surface area contributed by atoms with Gasteiger partial charge in [-0.2, -0.15) is 0 Å². The predicted octanol–water partition coefficient (Wildman–Crippen LogP) is 3.93. The van der Waals surface area contributed by atoms with E-state index in [9.17, 15) is 4.39 Å². The van der Waals surface area contributed by atoms with E-state index in [4.69, 9.17) is 21.8 Å². The van der Waals surface area contributed by atoms with Crippen molar-refractivity contribution in [1.82, 2.24) is 0 Å². The predicted molar refractivity (Wildman–Crippen MR) is 70.2 cm³/mol. The Balaban J connectivity index is 2.23. The molecule has 0 radical (unpaired) electrons. The third-order valence-electron chi connectivity index (χ3n) is 2.93. The number of hydrogen-bond acceptors (Lipinski definition) is 2. The van der Waals surface area contributed by atoms with Crippen LogP contribution >= 0.6 is 11.6 Å². The molecule has 0 fully saturated rings. The second kappa shape index (κ2) is 5.12. The van der Waals surface area contributed by atoms with E-state index in [0.29, 0.717) is 17.0 Å². The fourth-order valence-electron chi connectivity index (χ4n) is 2.07. The lowest BCUT2D eigenvalue weighted by atomic mass is 10.00. The molecule has 0 bridgehead atoms. The summed E-state index contributed by atoms with van der Waals surface area (Å²) in [5.41, 5.74) is 7.77. The molecule has 2 aromatic rings. The van der Waals surface area contributed by atoms with Gasteiger partial charge in [0.15, 0.2) is 0 Å². The molecule has 18 heavy (non-hydrogen) atoms. The Hall–Kier alpha value is -1.32. The number of aryl methyl sites for hydroxylation is 2. The van der Waals surface area contributed by atoms with Crippen LogP contribution in [0.2, 0.25) is 5.02 Å². The monoisotopic (exact) mass is 267 g/mol. The van der Waals surface area contributed by atoms with E-state index < -0.39 is 0 Å². The largest absolute Gasteiger partial charge is 0.466 e. The smallest absolute Gasteiger partial charge is 0.123 e. The summed E-state index contributed by atoms with van der Waals surface area (Å²) >= 11 is 6.03. The Bertz CT molecular complexity index is 565. The summed E-state index contributed by atoms with van der Waals surface area (Å²) in [5.74, 6) is 1.32. The number of rotatable bonds is 3. The molecular weight excluding hydrogens is 253 g/mol. The van der Waals surface area contributed by atoms with E-state index >= 15 is 0 Å². The van der Waals surface area contributed by atoms with Crippen LogP contribution in [0.4, 0.5) is 4.39 Å². The highest BCUT2D eigenvalue weighted by molar-refractivity contribution is 6.31. The van der Waals surface area contributed by atoms with Gasteiger partial charge in [-0.25, -0.2) is 4.39 Å². The molecule has 0 aliphatic heterocycles. The van der Waals surface area contributed by atoms with Crippen LogP contribution in [0.1, 0.15) is 28.7 Å². The number of nitrogens with two attached hydrogens (primary N) is 1. The van der Waals surface area contributed by atoms with Crippen molar-refractivity contribution in [2.45, 2.75) is 26.3 Å². The summed E-state index contributed by atoms with van der Waals surface area (Å²) < 4.78 is 18.6. The molecule has 0 saturated heterocycles. The van der Waals surface area contributed by atoms with Gasteiger partial charge in [0.05, 0.1) is 0 Å². The zero-order valence-electron chi connectivity index (χ0n) is 10.3. The number of furan rings is 1. The molecule has 0 aliphatic carbocycles. The maximum atomic E-state index is 13.2. The molecular formula is C14H15ClFNO. The van der Waals surface area contributed by atoms with Crippen LogP contribution in [0.25, 0.3) is 0 Å². The summed E-state index contributed by atoms with van der Waals surface area (Å²) in [4.78, 5) is 0. The van der Waals surface area contributed by atoms with Gasteiger partial charge >= 0.3 is 0 Å².